The van der Waals surface area contributed by atoms with Gasteiger partial charge in [0, 0.05) is 16.6 Å². The zero-order chi connectivity index (χ0) is 34.1. The van der Waals surface area contributed by atoms with Gasteiger partial charge in [0.25, 0.3) is 0 Å². The second-order valence-corrected chi connectivity index (χ2v) is 16.0. The lowest BCUT2D eigenvalue weighted by molar-refractivity contribution is 1.18. The van der Waals surface area contributed by atoms with Crippen molar-refractivity contribution in [2.24, 2.45) is 0 Å². The maximum Gasteiger partial charge on any atom is 0.189 e. The zero-order valence-corrected chi connectivity index (χ0v) is 28.0. The molecule has 5 heteroatoms. The monoisotopic (exact) mass is 652 g/mol. The first kappa shape index (κ1) is 30.4. The quantitative estimate of drug-likeness (QED) is 0.101. The van der Waals surface area contributed by atoms with Gasteiger partial charge in [-0.15, -0.1) is 0 Å². The van der Waals surface area contributed by atoms with E-state index in [1.165, 1.54) is 20.7 Å². The van der Waals surface area contributed by atoms with E-state index in [1.54, 1.807) is 0 Å². The second-order valence-electron chi connectivity index (χ2n) is 12.2. The van der Waals surface area contributed by atoms with E-state index in [9.17, 15) is 5.26 Å². The summed E-state index contributed by atoms with van der Waals surface area (Å²) in [6.07, 6.45) is 0. The summed E-state index contributed by atoms with van der Waals surface area (Å²) in [4.78, 5) is 7.58. The molecule has 4 nitrogen and oxygen atoms in total. The van der Waals surface area contributed by atoms with Gasteiger partial charge >= 0.3 is 0 Å². The van der Waals surface area contributed by atoms with Crippen LogP contribution < -0.4 is 20.7 Å². The molecule has 0 unspecified atom stereocenters. The average Bonchev–Trinajstić information content (AvgIpc) is 3.52. The highest BCUT2D eigenvalue weighted by Crippen LogP contribution is 2.39. The minimum atomic E-state index is -2.93. The molecule has 1 aromatic heterocycles. The molecule has 0 aliphatic heterocycles. The van der Waals surface area contributed by atoms with Crippen LogP contribution in [0.2, 0.25) is 0 Å². The molecule has 0 radical (unpaired) electrons. The van der Waals surface area contributed by atoms with E-state index in [4.69, 9.17) is 13.1 Å². The molecule has 232 valence electrons. The van der Waals surface area contributed by atoms with Crippen LogP contribution in [0, 0.1) is 24.5 Å². The average molecular weight is 653 g/mol. The van der Waals surface area contributed by atoms with Crippen molar-refractivity contribution in [3.63, 3.8) is 0 Å². The Morgan fingerprint density at radius 1 is 0.500 bits per heavy atom. The Morgan fingerprint density at radius 2 is 1.00 bits per heavy atom. The summed E-state index contributed by atoms with van der Waals surface area (Å²) < 4.78 is 2.19. The first-order valence-corrected chi connectivity index (χ1v) is 18.3. The molecule has 0 atom stereocenters. The molecule has 0 aliphatic rings. The third kappa shape index (κ3) is 4.80. The fourth-order valence-corrected chi connectivity index (χ4v) is 12.5. The SMILES string of the molecule is [C-]#[N+]c1ccc(-c2ccccc2[Si](c2ccccc2)(c2ccccc2)c2ccccc2)c(-n2c3ccc(C#N)cc3c3cc([N+]#[C-])ccc32)c1. The molecule has 8 rings (SSSR count). The predicted octanol–water partition coefficient (Wildman–Crippen LogP) is 8.80. The minimum Gasteiger partial charge on any atom is -0.310 e. The number of fused-ring (bicyclic) bond motifs is 3. The fourth-order valence-electron chi connectivity index (χ4n) is 7.49. The van der Waals surface area contributed by atoms with Gasteiger partial charge < -0.3 is 4.57 Å². The van der Waals surface area contributed by atoms with E-state index in [1.807, 2.05) is 48.5 Å². The van der Waals surface area contributed by atoms with Crippen LogP contribution in [-0.4, -0.2) is 12.6 Å². The molecule has 50 heavy (non-hydrogen) atoms. The molecule has 7 aromatic carbocycles. The van der Waals surface area contributed by atoms with Crippen LogP contribution in [0.3, 0.4) is 0 Å². The van der Waals surface area contributed by atoms with Crippen LogP contribution in [-0.2, 0) is 0 Å². The van der Waals surface area contributed by atoms with E-state index in [0.717, 1.165) is 38.6 Å². The third-order valence-electron chi connectivity index (χ3n) is 9.60. The number of hydrogen-bond donors (Lipinski definition) is 0. The summed E-state index contributed by atoms with van der Waals surface area (Å²) >= 11 is 0. The molecule has 0 spiro atoms. The maximum absolute atomic E-state index is 9.81. The number of nitriles is 1. The molecule has 0 amide bonds. The van der Waals surface area contributed by atoms with Crippen molar-refractivity contribution in [1.29, 1.82) is 5.26 Å². The fraction of sp³-hybridized carbons (Fsp3) is 0. The highest BCUT2D eigenvalue weighted by atomic mass is 28.3. The predicted molar refractivity (Wildman–Crippen MR) is 207 cm³/mol. The van der Waals surface area contributed by atoms with Crippen molar-refractivity contribution >= 4 is 62.0 Å². The molecule has 0 saturated heterocycles. The summed E-state index contributed by atoms with van der Waals surface area (Å²) in [5.74, 6) is 0. The molecule has 0 fully saturated rings. The lowest BCUT2D eigenvalue weighted by atomic mass is 10.0. The van der Waals surface area contributed by atoms with Crippen molar-refractivity contribution in [2.75, 3.05) is 0 Å². The summed E-state index contributed by atoms with van der Waals surface area (Å²) in [5.41, 5.74) is 6.36. The van der Waals surface area contributed by atoms with E-state index in [0.29, 0.717) is 16.9 Å². The Hall–Kier alpha value is -6.97. The van der Waals surface area contributed by atoms with Crippen LogP contribution >= 0.6 is 0 Å². The molecule has 0 aliphatic carbocycles. The normalized spacial score (nSPS) is 11.1. The molecule has 1 heterocycles. The van der Waals surface area contributed by atoms with Crippen LogP contribution in [0.5, 0.6) is 0 Å². The standard InChI is InChI=1S/C45H28N4Si/c1-47-33-24-27-43-41(29-33)40-28-32(31-46)22-26-42(40)49(43)44-30-34(48-2)23-25-38(44)39-20-12-13-21-45(39)50(35-14-6-3-7-15-35,36-16-8-4-9-17-36)37-18-10-5-11-19-37/h3-30H. The van der Waals surface area contributed by atoms with E-state index < -0.39 is 8.07 Å². The largest absolute Gasteiger partial charge is 0.310 e. The van der Waals surface area contributed by atoms with Crippen molar-refractivity contribution in [2.45, 2.75) is 0 Å². The van der Waals surface area contributed by atoms with E-state index in [2.05, 4.69) is 142 Å². The highest BCUT2D eigenvalue weighted by molar-refractivity contribution is 7.20. The summed E-state index contributed by atoms with van der Waals surface area (Å²) in [5, 5.41) is 16.6. The third-order valence-corrected chi connectivity index (χ3v) is 14.4. The van der Waals surface area contributed by atoms with Gasteiger partial charge in [0.2, 0.25) is 0 Å². The zero-order valence-electron chi connectivity index (χ0n) is 27.0. The number of rotatable bonds is 6. The molecule has 0 saturated carbocycles. The van der Waals surface area contributed by atoms with E-state index >= 15 is 0 Å². The summed E-state index contributed by atoms with van der Waals surface area (Å²) in [7, 11) is -2.93. The van der Waals surface area contributed by atoms with Gasteiger partial charge in [0.1, 0.15) is 0 Å². The number of benzene rings is 7. The van der Waals surface area contributed by atoms with Crippen molar-refractivity contribution in [1.82, 2.24) is 4.57 Å². The van der Waals surface area contributed by atoms with Crippen molar-refractivity contribution < 1.29 is 0 Å². The second kappa shape index (κ2) is 12.6. The Labute approximate surface area is 292 Å². The Morgan fingerprint density at radius 3 is 1.58 bits per heavy atom. The summed E-state index contributed by atoms with van der Waals surface area (Å²) in [6, 6.07) is 61.0. The van der Waals surface area contributed by atoms with Gasteiger partial charge in [-0.05, 0) is 68.1 Å². The molecular formula is C45H28N4Si. The maximum atomic E-state index is 9.81. The number of nitrogens with zero attached hydrogens (tertiary/aromatic N) is 4. The first-order chi connectivity index (χ1) is 24.7. The lowest BCUT2D eigenvalue weighted by Crippen LogP contribution is -2.75. The van der Waals surface area contributed by atoms with Crippen LogP contribution in [0.1, 0.15) is 5.56 Å². The van der Waals surface area contributed by atoms with Gasteiger partial charge in [0.15, 0.2) is 19.4 Å². The topological polar surface area (TPSA) is 37.4 Å². The van der Waals surface area contributed by atoms with Crippen molar-refractivity contribution in [3.05, 3.63) is 198 Å². The highest BCUT2D eigenvalue weighted by Gasteiger charge is 2.43. The van der Waals surface area contributed by atoms with Gasteiger partial charge in [0.05, 0.1) is 35.8 Å². The van der Waals surface area contributed by atoms with Crippen LogP contribution in [0.15, 0.2) is 170 Å². The first-order valence-electron chi connectivity index (χ1n) is 16.3. The van der Waals surface area contributed by atoms with Gasteiger partial charge in [-0.1, -0.05) is 133 Å². The van der Waals surface area contributed by atoms with Gasteiger partial charge in [-0.25, -0.2) is 9.69 Å². The summed E-state index contributed by atoms with van der Waals surface area (Å²) in [6.45, 7) is 15.7. The molecular weight excluding hydrogens is 625 g/mol. The van der Waals surface area contributed by atoms with Crippen molar-refractivity contribution in [3.8, 4) is 22.9 Å². The minimum absolute atomic E-state index is 0.528. The van der Waals surface area contributed by atoms with Gasteiger partial charge in [-0.2, -0.15) is 5.26 Å². The number of hydrogen-bond acceptors (Lipinski definition) is 1. The molecule has 8 aromatic rings. The number of aromatic nitrogens is 1. The van der Waals surface area contributed by atoms with E-state index in [-0.39, 0.29) is 0 Å². The smallest absolute Gasteiger partial charge is 0.189 e. The van der Waals surface area contributed by atoms with Crippen LogP contribution in [0.25, 0.3) is 48.3 Å². The Kier molecular flexibility index (Phi) is 7.63. The lowest BCUT2D eigenvalue weighted by Gasteiger charge is -2.36. The molecule has 0 bridgehead atoms. The Bertz CT molecular complexity index is 2510. The Balaban J connectivity index is 1.51. The van der Waals surface area contributed by atoms with Crippen LogP contribution in [0.4, 0.5) is 11.4 Å². The van der Waals surface area contributed by atoms with Gasteiger partial charge in [-0.3, -0.25) is 0 Å². The molecule has 0 N–H and O–H groups in total.